The molecule has 0 aromatic rings. The lowest BCUT2D eigenvalue weighted by molar-refractivity contribution is -0.306. The third-order valence-electron chi connectivity index (χ3n) is 5.98. The molecule has 0 aromatic heterocycles. The largest absolute Gasteiger partial charge is 0.462 e. The minimum Gasteiger partial charge on any atom is -0.462 e. The molecule has 1 heterocycles. The van der Waals surface area contributed by atoms with Gasteiger partial charge in [0.15, 0.2) is 12.2 Å². The minimum absolute atomic E-state index is 0.439. The summed E-state index contributed by atoms with van der Waals surface area (Å²) in [6, 6.07) is 0. The molecule has 3 unspecified atom stereocenters. The number of carbonyl (C=O) groups excluding carboxylic acids is 5. The summed E-state index contributed by atoms with van der Waals surface area (Å²) < 4.78 is 34.9. The summed E-state index contributed by atoms with van der Waals surface area (Å²) in [5.74, 6) is -3.34. The van der Waals surface area contributed by atoms with Crippen LogP contribution in [0.5, 0.6) is 0 Å². The van der Waals surface area contributed by atoms with Gasteiger partial charge in [-0.05, 0) is 104 Å². The molecule has 0 saturated carbocycles. The van der Waals surface area contributed by atoms with Crippen molar-refractivity contribution in [2.75, 3.05) is 6.61 Å². The molecular formula is C31H52O11. The van der Waals surface area contributed by atoms with E-state index < -0.39 is 94.2 Å². The first-order chi connectivity index (χ1) is 18.6. The summed E-state index contributed by atoms with van der Waals surface area (Å²) >= 11 is 0. The highest BCUT2D eigenvalue weighted by Gasteiger charge is 2.56. The van der Waals surface area contributed by atoms with Gasteiger partial charge in [0.1, 0.15) is 12.7 Å². The molecule has 11 heteroatoms. The van der Waals surface area contributed by atoms with Crippen molar-refractivity contribution in [2.24, 2.45) is 27.1 Å². The molecule has 1 aliphatic heterocycles. The maximum absolute atomic E-state index is 13.2. The molecule has 0 aliphatic carbocycles. The Kier molecular flexibility index (Phi) is 11.5. The summed E-state index contributed by atoms with van der Waals surface area (Å²) in [5, 5.41) is 0. The van der Waals surface area contributed by atoms with E-state index in [1.165, 1.54) is 0 Å². The van der Waals surface area contributed by atoms with Crippen LogP contribution in [0, 0.1) is 27.1 Å². The van der Waals surface area contributed by atoms with Crippen LogP contribution in [0.1, 0.15) is 104 Å². The predicted molar refractivity (Wildman–Crippen MR) is 153 cm³/mol. The molecule has 242 valence electrons. The molecule has 0 aromatic carbocycles. The fraction of sp³-hybridized carbons (Fsp3) is 0.839. The maximum Gasteiger partial charge on any atom is 0.313 e. The van der Waals surface area contributed by atoms with Gasteiger partial charge < -0.3 is 28.4 Å². The molecule has 0 radical (unpaired) electrons. The summed E-state index contributed by atoms with van der Waals surface area (Å²) in [6.07, 6.45) is -7.27. The Morgan fingerprint density at radius 1 is 0.452 bits per heavy atom. The quantitative estimate of drug-likeness (QED) is 0.308. The van der Waals surface area contributed by atoms with Crippen molar-refractivity contribution in [2.45, 2.75) is 135 Å². The molecule has 1 aliphatic rings. The van der Waals surface area contributed by atoms with Crippen molar-refractivity contribution < 1.29 is 52.4 Å². The molecule has 11 nitrogen and oxygen atoms in total. The van der Waals surface area contributed by atoms with Gasteiger partial charge in [-0.2, -0.15) is 0 Å². The van der Waals surface area contributed by atoms with Crippen molar-refractivity contribution in [3.63, 3.8) is 0 Å². The Hall–Kier alpha value is -2.69. The Bertz CT molecular complexity index is 1010. The summed E-state index contributed by atoms with van der Waals surface area (Å²) in [4.78, 5) is 65.3. The smallest absolute Gasteiger partial charge is 0.313 e. The lowest BCUT2D eigenvalue weighted by Gasteiger charge is -2.45. The van der Waals surface area contributed by atoms with Gasteiger partial charge in [0.05, 0.1) is 27.1 Å². The van der Waals surface area contributed by atoms with Crippen molar-refractivity contribution in [3.8, 4) is 0 Å². The highest BCUT2D eigenvalue weighted by molar-refractivity contribution is 5.78. The van der Waals surface area contributed by atoms with Gasteiger partial charge in [-0.3, -0.25) is 24.0 Å². The normalized spacial score (nSPS) is 23.8. The molecule has 0 spiro atoms. The molecule has 42 heavy (non-hydrogen) atoms. The van der Waals surface area contributed by atoms with Crippen LogP contribution in [-0.2, 0) is 52.4 Å². The zero-order valence-electron chi connectivity index (χ0n) is 28.1. The van der Waals surface area contributed by atoms with E-state index in [2.05, 4.69) is 0 Å². The third-order valence-corrected chi connectivity index (χ3v) is 5.98. The molecular weight excluding hydrogens is 548 g/mol. The monoisotopic (exact) mass is 600 g/mol. The van der Waals surface area contributed by atoms with E-state index >= 15 is 0 Å². The van der Waals surface area contributed by atoms with E-state index in [1.54, 1.807) is 104 Å². The van der Waals surface area contributed by atoms with Gasteiger partial charge in [-0.15, -0.1) is 0 Å². The number of rotatable bonds is 6. The van der Waals surface area contributed by atoms with Crippen LogP contribution < -0.4 is 0 Å². The first-order valence-corrected chi connectivity index (χ1v) is 14.2. The molecule has 1 fully saturated rings. The van der Waals surface area contributed by atoms with Crippen molar-refractivity contribution in [1.82, 2.24) is 0 Å². The minimum atomic E-state index is -1.59. The highest BCUT2D eigenvalue weighted by atomic mass is 16.7. The standard InChI is InChI=1S/C31H52O11/c1-27(2,3)22(32)37-16-17-18(39-23(33)28(4,5)6)19(40-24(34)29(7,8)9)20(41-25(35)30(10,11)12)21(38-17)42-26(36)31(13,14)15/h17-21H,16H2,1-15H3/t17?,18-,19?,20?,21+/m1/s1. The van der Waals surface area contributed by atoms with Crippen LogP contribution in [0.3, 0.4) is 0 Å². The van der Waals surface area contributed by atoms with Gasteiger partial charge in [0.25, 0.3) is 0 Å². The average molecular weight is 601 g/mol. The molecule has 1 saturated heterocycles. The fourth-order valence-corrected chi connectivity index (χ4v) is 3.07. The van der Waals surface area contributed by atoms with Gasteiger partial charge in [-0.1, -0.05) is 0 Å². The van der Waals surface area contributed by atoms with E-state index in [9.17, 15) is 24.0 Å². The fourth-order valence-electron chi connectivity index (χ4n) is 3.07. The number of hydrogen-bond acceptors (Lipinski definition) is 11. The number of carbonyl (C=O) groups is 5. The van der Waals surface area contributed by atoms with E-state index in [-0.39, 0.29) is 0 Å². The second kappa shape index (κ2) is 12.9. The third kappa shape index (κ3) is 10.5. The zero-order valence-corrected chi connectivity index (χ0v) is 28.1. The van der Waals surface area contributed by atoms with E-state index in [0.717, 1.165) is 0 Å². The van der Waals surface area contributed by atoms with Crippen molar-refractivity contribution >= 4 is 29.8 Å². The van der Waals surface area contributed by atoms with E-state index in [1.807, 2.05) is 0 Å². The average Bonchev–Trinajstić information content (AvgIpc) is 2.77. The van der Waals surface area contributed by atoms with Gasteiger partial charge in [-0.25, -0.2) is 0 Å². The Balaban J connectivity index is 3.82. The Morgan fingerprint density at radius 3 is 1.12 bits per heavy atom. The van der Waals surface area contributed by atoms with Gasteiger partial charge in [0.2, 0.25) is 12.4 Å². The SMILES string of the molecule is CC(C)(C)C(=O)OCC1O[C@@H](OC(=O)C(C)(C)C)C(OC(=O)C(C)(C)C)C(OC(=O)C(C)(C)C)[C@@H]1OC(=O)C(C)(C)C. The van der Waals surface area contributed by atoms with Crippen LogP contribution in [0.25, 0.3) is 0 Å². The van der Waals surface area contributed by atoms with Crippen LogP contribution in [0.4, 0.5) is 0 Å². The number of esters is 5. The summed E-state index contributed by atoms with van der Waals surface area (Å²) in [6.45, 7) is 24.1. The maximum atomic E-state index is 13.2. The molecule has 5 atom stereocenters. The number of ether oxygens (including phenoxy) is 6. The van der Waals surface area contributed by atoms with Gasteiger partial charge >= 0.3 is 29.8 Å². The summed E-state index contributed by atoms with van der Waals surface area (Å²) in [7, 11) is 0. The number of hydrogen-bond donors (Lipinski definition) is 0. The summed E-state index contributed by atoms with van der Waals surface area (Å²) in [5.41, 5.74) is -4.86. The highest BCUT2D eigenvalue weighted by Crippen LogP contribution is 2.35. The Labute approximate surface area is 250 Å². The predicted octanol–water partition coefficient (Wildman–Crippen LogP) is 4.76. The lowest BCUT2D eigenvalue weighted by atomic mass is 9.92. The molecule has 0 amide bonds. The topological polar surface area (TPSA) is 141 Å². The van der Waals surface area contributed by atoms with Crippen LogP contribution >= 0.6 is 0 Å². The molecule has 0 bridgehead atoms. The lowest BCUT2D eigenvalue weighted by Crippen LogP contribution is -2.64. The second-order valence-corrected chi connectivity index (χ2v) is 15.9. The van der Waals surface area contributed by atoms with Crippen LogP contribution in [0.15, 0.2) is 0 Å². The molecule has 0 N–H and O–H groups in total. The van der Waals surface area contributed by atoms with Crippen LogP contribution in [0.2, 0.25) is 0 Å². The van der Waals surface area contributed by atoms with Crippen LogP contribution in [-0.4, -0.2) is 67.2 Å². The van der Waals surface area contributed by atoms with Gasteiger partial charge in [0, 0.05) is 0 Å². The molecule has 1 rings (SSSR count). The zero-order chi connectivity index (χ0) is 33.2. The Morgan fingerprint density at radius 2 is 0.762 bits per heavy atom. The van der Waals surface area contributed by atoms with Crippen molar-refractivity contribution in [3.05, 3.63) is 0 Å². The van der Waals surface area contributed by atoms with Crippen molar-refractivity contribution in [1.29, 1.82) is 0 Å². The van der Waals surface area contributed by atoms with E-state index in [4.69, 9.17) is 28.4 Å². The van der Waals surface area contributed by atoms with E-state index in [0.29, 0.717) is 0 Å². The first kappa shape index (κ1) is 37.3. The first-order valence-electron chi connectivity index (χ1n) is 14.2. The second-order valence-electron chi connectivity index (χ2n) is 15.9.